The third kappa shape index (κ3) is 6.69. The SMILES string of the molecule is C/C=C(\C)c1ccc(C(=O)Nc2ccccc2C(=O)O)s1.C/C=C1/CCCOC1. The summed E-state index contributed by atoms with van der Waals surface area (Å²) in [5.41, 5.74) is 2.93. The second kappa shape index (κ2) is 11.3. The van der Waals surface area contributed by atoms with Crippen molar-refractivity contribution >= 4 is 34.5 Å². The fourth-order valence-corrected chi connectivity index (χ4v) is 3.61. The Morgan fingerprint density at radius 1 is 1.14 bits per heavy atom. The van der Waals surface area contributed by atoms with Gasteiger partial charge in [-0.1, -0.05) is 24.3 Å². The molecule has 1 amide bonds. The highest BCUT2D eigenvalue weighted by molar-refractivity contribution is 7.15. The van der Waals surface area contributed by atoms with Crippen LogP contribution in [0.25, 0.3) is 5.57 Å². The number of benzene rings is 1. The van der Waals surface area contributed by atoms with Crippen molar-refractivity contribution in [1.82, 2.24) is 0 Å². The molecule has 3 rings (SSSR count). The largest absolute Gasteiger partial charge is 0.478 e. The number of amides is 1. The third-order valence-corrected chi connectivity index (χ3v) is 5.76. The summed E-state index contributed by atoms with van der Waals surface area (Å²) in [5.74, 6) is -1.37. The molecule has 154 valence electrons. The Hall–Kier alpha value is -2.70. The van der Waals surface area contributed by atoms with Crippen LogP contribution in [0.3, 0.4) is 0 Å². The van der Waals surface area contributed by atoms with E-state index in [-0.39, 0.29) is 11.5 Å². The van der Waals surface area contributed by atoms with Crippen LogP contribution in [0, 0.1) is 0 Å². The van der Waals surface area contributed by atoms with Crippen molar-refractivity contribution < 1.29 is 19.4 Å². The molecule has 0 spiro atoms. The van der Waals surface area contributed by atoms with Crippen LogP contribution in [0.4, 0.5) is 5.69 Å². The van der Waals surface area contributed by atoms with Crippen molar-refractivity contribution in [3.63, 3.8) is 0 Å². The smallest absolute Gasteiger partial charge is 0.337 e. The first kappa shape index (κ1) is 22.6. The molecule has 1 aromatic heterocycles. The van der Waals surface area contributed by atoms with E-state index < -0.39 is 5.97 Å². The fraction of sp³-hybridized carbons (Fsp3) is 0.304. The van der Waals surface area contributed by atoms with Gasteiger partial charge in [0.25, 0.3) is 5.91 Å². The highest BCUT2D eigenvalue weighted by Gasteiger charge is 2.14. The van der Waals surface area contributed by atoms with Crippen LogP contribution < -0.4 is 5.32 Å². The molecule has 1 aromatic carbocycles. The molecule has 1 fully saturated rings. The summed E-state index contributed by atoms with van der Waals surface area (Å²) >= 11 is 1.38. The van der Waals surface area contributed by atoms with Crippen molar-refractivity contribution in [3.8, 4) is 0 Å². The molecule has 29 heavy (non-hydrogen) atoms. The first-order valence-corrected chi connectivity index (χ1v) is 10.4. The standard InChI is InChI=1S/C16H15NO3S.C7H12O/c1-3-10(2)13-8-9-14(21-13)15(18)17-12-7-5-4-6-11(12)16(19)20;1-2-7-4-3-5-8-6-7/h3-9H,1-2H3,(H,17,18)(H,19,20);2H,3-6H2,1H3/b10-3+;7-2-. The molecular weight excluding hydrogens is 386 g/mol. The van der Waals surface area contributed by atoms with Gasteiger partial charge in [0.2, 0.25) is 0 Å². The Labute approximate surface area is 175 Å². The number of rotatable bonds is 4. The van der Waals surface area contributed by atoms with Gasteiger partial charge in [-0.15, -0.1) is 11.3 Å². The van der Waals surface area contributed by atoms with Gasteiger partial charge in [0.1, 0.15) is 0 Å². The van der Waals surface area contributed by atoms with E-state index in [0.29, 0.717) is 10.6 Å². The number of carboxylic acid groups (broad SMARTS) is 1. The monoisotopic (exact) mass is 413 g/mol. The lowest BCUT2D eigenvalue weighted by atomic mass is 10.1. The maximum Gasteiger partial charge on any atom is 0.337 e. The number of aromatic carboxylic acids is 1. The molecule has 0 saturated carbocycles. The van der Waals surface area contributed by atoms with E-state index in [9.17, 15) is 9.59 Å². The zero-order valence-electron chi connectivity index (χ0n) is 17.0. The summed E-state index contributed by atoms with van der Waals surface area (Å²) in [6.07, 6.45) is 6.59. The summed E-state index contributed by atoms with van der Waals surface area (Å²) in [6.45, 7) is 7.82. The Morgan fingerprint density at radius 2 is 1.86 bits per heavy atom. The minimum Gasteiger partial charge on any atom is -0.478 e. The molecule has 5 nitrogen and oxygen atoms in total. The van der Waals surface area contributed by atoms with E-state index in [1.165, 1.54) is 35.8 Å². The number of hydrogen-bond donors (Lipinski definition) is 2. The molecule has 1 saturated heterocycles. The Kier molecular flexibility index (Phi) is 8.83. The van der Waals surface area contributed by atoms with E-state index in [4.69, 9.17) is 9.84 Å². The summed E-state index contributed by atoms with van der Waals surface area (Å²) in [6, 6.07) is 9.97. The van der Waals surface area contributed by atoms with E-state index >= 15 is 0 Å². The van der Waals surface area contributed by atoms with Gasteiger partial charge in [-0.2, -0.15) is 0 Å². The number of para-hydroxylation sites is 1. The number of anilines is 1. The number of carboxylic acids is 1. The van der Waals surface area contributed by atoms with Crippen LogP contribution in [0.1, 0.15) is 58.5 Å². The first-order valence-electron chi connectivity index (χ1n) is 9.54. The maximum absolute atomic E-state index is 12.2. The van der Waals surface area contributed by atoms with Crippen molar-refractivity contribution in [2.75, 3.05) is 18.5 Å². The number of carbonyl (C=O) groups is 2. The van der Waals surface area contributed by atoms with Crippen LogP contribution in [0.2, 0.25) is 0 Å². The van der Waals surface area contributed by atoms with Crippen molar-refractivity contribution in [3.05, 3.63) is 69.4 Å². The number of nitrogens with one attached hydrogen (secondary N) is 1. The van der Waals surface area contributed by atoms with Gasteiger partial charge < -0.3 is 15.2 Å². The average molecular weight is 414 g/mol. The maximum atomic E-state index is 12.2. The highest BCUT2D eigenvalue weighted by Crippen LogP contribution is 2.25. The molecule has 0 aliphatic carbocycles. The molecule has 2 N–H and O–H groups in total. The normalized spacial score (nSPS) is 15.4. The van der Waals surface area contributed by atoms with E-state index in [0.717, 1.165) is 23.7 Å². The Bertz CT molecular complexity index is 903. The van der Waals surface area contributed by atoms with E-state index in [2.05, 4.69) is 18.3 Å². The van der Waals surface area contributed by atoms with Crippen LogP contribution in [0.15, 0.2) is 54.1 Å². The summed E-state index contributed by atoms with van der Waals surface area (Å²) in [5, 5.41) is 11.8. The molecular formula is C23H27NO4S. The molecule has 0 bridgehead atoms. The van der Waals surface area contributed by atoms with Crippen molar-refractivity contribution in [2.24, 2.45) is 0 Å². The predicted molar refractivity (Wildman–Crippen MR) is 119 cm³/mol. The number of thiophene rings is 1. The van der Waals surface area contributed by atoms with E-state index in [1.807, 2.05) is 26.0 Å². The third-order valence-electron chi connectivity index (χ3n) is 4.54. The van der Waals surface area contributed by atoms with Crippen LogP contribution in [-0.4, -0.2) is 30.2 Å². The van der Waals surface area contributed by atoms with Gasteiger partial charge in [0.15, 0.2) is 0 Å². The lowest BCUT2D eigenvalue weighted by molar-refractivity contribution is 0.0698. The van der Waals surface area contributed by atoms with Crippen molar-refractivity contribution in [2.45, 2.75) is 33.6 Å². The number of hydrogen-bond acceptors (Lipinski definition) is 4. The zero-order chi connectivity index (χ0) is 21.2. The molecule has 6 heteroatoms. The summed E-state index contributed by atoms with van der Waals surface area (Å²) in [7, 11) is 0. The molecule has 1 aliphatic heterocycles. The molecule has 0 atom stereocenters. The van der Waals surface area contributed by atoms with Gasteiger partial charge in [-0.25, -0.2) is 4.79 Å². The number of allylic oxidation sites excluding steroid dienone is 3. The molecule has 0 radical (unpaired) electrons. The number of ether oxygens (including phenoxy) is 1. The van der Waals surface area contributed by atoms with Gasteiger partial charge in [0, 0.05) is 11.5 Å². The lowest BCUT2D eigenvalue weighted by Crippen LogP contribution is -2.13. The van der Waals surface area contributed by atoms with Gasteiger partial charge >= 0.3 is 5.97 Å². The fourth-order valence-electron chi connectivity index (χ4n) is 2.68. The van der Waals surface area contributed by atoms with Crippen LogP contribution in [0.5, 0.6) is 0 Å². The second-order valence-corrected chi connectivity index (χ2v) is 7.63. The summed E-state index contributed by atoms with van der Waals surface area (Å²) < 4.78 is 5.20. The molecule has 1 aliphatic rings. The van der Waals surface area contributed by atoms with Gasteiger partial charge in [0.05, 0.1) is 22.7 Å². The molecule has 2 aromatic rings. The van der Waals surface area contributed by atoms with E-state index in [1.54, 1.807) is 24.3 Å². The quantitative estimate of drug-likeness (QED) is 0.615. The Morgan fingerprint density at radius 3 is 2.45 bits per heavy atom. The highest BCUT2D eigenvalue weighted by atomic mass is 32.1. The lowest BCUT2D eigenvalue weighted by Gasteiger charge is -2.13. The van der Waals surface area contributed by atoms with Crippen LogP contribution >= 0.6 is 11.3 Å². The van der Waals surface area contributed by atoms with Crippen LogP contribution in [-0.2, 0) is 4.74 Å². The first-order chi connectivity index (χ1) is 14.0. The number of carbonyl (C=O) groups excluding carboxylic acids is 1. The molecule has 0 unspecified atom stereocenters. The topological polar surface area (TPSA) is 75.6 Å². The second-order valence-electron chi connectivity index (χ2n) is 6.54. The average Bonchev–Trinajstić information content (AvgIpc) is 3.25. The zero-order valence-corrected chi connectivity index (χ0v) is 17.8. The van der Waals surface area contributed by atoms with Gasteiger partial charge in [-0.05, 0) is 69.0 Å². The minimum absolute atomic E-state index is 0.0762. The predicted octanol–water partition coefficient (Wildman–Crippen LogP) is 5.86. The van der Waals surface area contributed by atoms with Crippen molar-refractivity contribution in [1.29, 1.82) is 0 Å². The Balaban J connectivity index is 0.000000313. The van der Waals surface area contributed by atoms with Gasteiger partial charge in [-0.3, -0.25) is 4.79 Å². The summed E-state index contributed by atoms with van der Waals surface area (Å²) in [4.78, 5) is 24.9. The minimum atomic E-state index is -1.07. The molecule has 2 heterocycles.